The summed E-state index contributed by atoms with van der Waals surface area (Å²) in [5, 5.41) is 13.5. The number of aromatic hydroxyl groups is 1. The SMILES string of the molecule is CCC(NCC1(OC)CCOCC1)c1ccccc1O. The normalized spacial score (nSPS) is 19.7. The van der Waals surface area contributed by atoms with Gasteiger partial charge in [-0.25, -0.2) is 0 Å². The van der Waals surface area contributed by atoms with Crippen LogP contribution in [0.5, 0.6) is 5.75 Å². The highest BCUT2D eigenvalue weighted by Crippen LogP contribution is 2.28. The molecule has 4 nitrogen and oxygen atoms in total. The molecule has 0 aromatic heterocycles. The second-order valence-corrected chi connectivity index (χ2v) is 5.40. The second-order valence-electron chi connectivity index (χ2n) is 5.40. The third-order valence-corrected chi connectivity index (χ3v) is 4.23. The van der Waals surface area contributed by atoms with Crippen molar-refractivity contribution in [3.63, 3.8) is 0 Å². The lowest BCUT2D eigenvalue weighted by Crippen LogP contribution is -2.47. The van der Waals surface area contributed by atoms with Crippen LogP contribution in [0.15, 0.2) is 24.3 Å². The largest absolute Gasteiger partial charge is 0.508 e. The molecule has 1 aliphatic rings. The summed E-state index contributed by atoms with van der Waals surface area (Å²) in [6.45, 7) is 4.40. The van der Waals surface area contributed by atoms with E-state index in [1.165, 1.54) is 0 Å². The highest BCUT2D eigenvalue weighted by Gasteiger charge is 2.33. The average Bonchev–Trinajstić information content (AvgIpc) is 2.50. The van der Waals surface area contributed by atoms with Crippen LogP contribution in [0.2, 0.25) is 0 Å². The van der Waals surface area contributed by atoms with Crippen molar-refractivity contribution in [3.05, 3.63) is 29.8 Å². The van der Waals surface area contributed by atoms with E-state index in [1.54, 1.807) is 13.2 Å². The number of rotatable bonds is 6. The van der Waals surface area contributed by atoms with Crippen molar-refractivity contribution in [1.29, 1.82) is 0 Å². The molecule has 0 aliphatic carbocycles. The van der Waals surface area contributed by atoms with Crippen molar-refractivity contribution in [3.8, 4) is 5.75 Å². The van der Waals surface area contributed by atoms with E-state index >= 15 is 0 Å². The molecular weight excluding hydrogens is 254 g/mol. The molecule has 0 radical (unpaired) electrons. The maximum Gasteiger partial charge on any atom is 0.120 e. The van der Waals surface area contributed by atoms with E-state index < -0.39 is 0 Å². The maximum atomic E-state index is 9.98. The molecule has 1 heterocycles. The van der Waals surface area contributed by atoms with E-state index in [4.69, 9.17) is 9.47 Å². The van der Waals surface area contributed by atoms with Crippen molar-refractivity contribution in [2.45, 2.75) is 37.8 Å². The van der Waals surface area contributed by atoms with E-state index in [0.29, 0.717) is 5.75 Å². The van der Waals surface area contributed by atoms with Crippen LogP contribution in [0.4, 0.5) is 0 Å². The van der Waals surface area contributed by atoms with Crippen LogP contribution in [0.3, 0.4) is 0 Å². The van der Waals surface area contributed by atoms with Crippen LogP contribution < -0.4 is 5.32 Å². The molecule has 1 unspecified atom stereocenters. The molecule has 112 valence electrons. The second kappa shape index (κ2) is 7.07. The van der Waals surface area contributed by atoms with Gasteiger partial charge in [0.15, 0.2) is 0 Å². The summed E-state index contributed by atoms with van der Waals surface area (Å²) in [6.07, 6.45) is 2.75. The maximum absolute atomic E-state index is 9.98. The lowest BCUT2D eigenvalue weighted by Gasteiger charge is -2.37. The molecule has 0 bridgehead atoms. The monoisotopic (exact) mass is 279 g/mol. The number of phenols is 1. The molecular formula is C16H25NO3. The molecule has 1 atom stereocenters. The fourth-order valence-corrected chi connectivity index (χ4v) is 2.76. The van der Waals surface area contributed by atoms with E-state index in [9.17, 15) is 5.11 Å². The summed E-state index contributed by atoms with van der Waals surface area (Å²) in [5.74, 6) is 0.352. The van der Waals surface area contributed by atoms with Gasteiger partial charge in [0.2, 0.25) is 0 Å². The fraction of sp³-hybridized carbons (Fsp3) is 0.625. The predicted octanol–water partition coefficient (Wildman–Crippen LogP) is 2.63. The molecule has 2 N–H and O–H groups in total. The van der Waals surface area contributed by atoms with Crippen molar-refractivity contribution < 1.29 is 14.6 Å². The fourth-order valence-electron chi connectivity index (χ4n) is 2.76. The first kappa shape index (κ1) is 15.3. The van der Waals surface area contributed by atoms with Gasteiger partial charge in [0.1, 0.15) is 5.75 Å². The molecule has 0 amide bonds. The Hall–Kier alpha value is -1.10. The van der Waals surface area contributed by atoms with Gasteiger partial charge in [0, 0.05) is 51.3 Å². The van der Waals surface area contributed by atoms with Gasteiger partial charge in [0.05, 0.1) is 5.60 Å². The van der Waals surface area contributed by atoms with E-state index in [1.807, 2.05) is 18.2 Å². The first-order chi connectivity index (χ1) is 9.71. The number of para-hydroxylation sites is 1. The molecule has 0 saturated carbocycles. The van der Waals surface area contributed by atoms with Gasteiger partial charge in [0.25, 0.3) is 0 Å². The summed E-state index contributed by atoms with van der Waals surface area (Å²) in [7, 11) is 1.77. The lowest BCUT2D eigenvalue weighted by molar-refractivity contribution is -0.0887. The Kier molecular flexibility index (Phi) is 5.40. The summed E-state index contributed by atoms with van der Waals surface area (Å²) in [4.78, 5) is 0. The van der Waals surface area contributed by atoms with Crippen molar-refractivity contribution in [1.82, 2.24) is 5.32 Å². The van der Waals surface area contributed by atoms with Gasteiger partial charge in [-0.1, -0.05) is 25.1 Å². The molecule has 1 fully saturated rings. The van der Waals surface area contributed by atoms with Gasteiger partial charge in [-0.05, 0) is 12.5 Å². The number of hydrogen-bond donors (Lipinski definition) is 2. The number of phenolic OH excluding ortho intramolecular Hbond substituents is 1. The average molecular weight is 279 g/mol. The highest BCUT2D eigenvalue weighted by molar-refractivity contribution is 5.34. The Morgan fingerprint density at radius 3 is 2.65 bits per heavy atom. The number of hydrogen-bond acceptors (Lipinski definition) is 4. The molecule has 1 saturated heterocycles. The van der Waals surface area contributed by atoms with Crippen LogP contribution >= 0.6 is 0 Å². The third-order valence-electron chi connectivity index (χ3n) is 4.23. The predicted molar refractivity (Wildman–Crippen MR) is 78.9 cm³/mol. The third kappa shape index (κ3) is 3.51. The zero-order valence-corrected chi connectivity index (χ0v) is 12.4. The Balaban J connectivity index is 2.01. The van der Waals surface area contributed by atoms with Gasteiger partial charge in [-0.3, -0.25) is 0 Å². The standard InChI is InChI=1S/C16H25NO3/c1-3-14(13-6-4-5-7-15(13)18)17-12-16(19-2)8-10-20-11-9-16/h4-7,14,17-18H,3,8-12H2,1-2H3. The van der Waals surface area contributed by atoms with Gasteiger partial charge < -0.3 is 19.9 Å². The first-order valence-electron chi connectivity index (χ1n) is 7.35. The van der Waals surface area contributed by atoms with E-state index in [0.717, 1.165) is 44.6 Å². The van der Waals surface area contributed by atoms with Crippen LogP contribution in [0.1, 0.15) is 37.8 Å². The van der Waals surface area contributed by atoms with Crippen LogP contribution in [0.25, 0.3) is 0 Å². The van der Waals surface area contributed by atoms with Gasteiger partial charge in [-0.15, -0.1) is 0 Å². The number of benzene rings is 1. The van der Waals surface area contributed by atoms with Crippen LogP contribution in [0, 0.1) is 0 Å². The Morgan fingerprint density at radius 2 is 2.05 bits per heavy atom. The Labute approximate surface area is 121 Å². The highest BCUT2D eigenvalue weighted by atomic mass is 16.5. The van der Waals surface area contributed by atoms with Crippen molar-refractivity contribution >= 4 is 0 Å². The number of methoxy groups -OCH3 is 1. The van der Waals surface area contributed by atoms with Gasteiger partial charge >= 0.3 is 0 Å². The molecule has 20 heavy (non-hydrogen) atoms. The van der Waals surface area contributed by atoms with Crippen molar-refractivity contribution in [2.24, 2.45) is 0 Å². The molecule has 1 aromatic carbocycles. The zero-order valence-electron chi connectivity index (χ0n) is 12.4. The molecule has 1 aromatic rings. The molecule has 2 rings (SSSR count). The summed E-state index contributed by atoms with van der Waals surface area (Å²) in [6, 6.07) is 7.66. The molecule has 4 heteroatoms. The minimum Gasteiger partial charge on any atom is -0.508 e. The molecule has 0 spiro atoms. The van der Waals surface area contributed by atoms with Gasteiger partial charge in [-0.2, -0.15) is 0 Å². The first-order valence-corrected chi connectivity index (χ1v) is 7.35. The van der Waals surface area contributed by atoms with Crippen LogP contribution in [-0.2, 0) is 9.47 Å². The Morgan fingerprint density at radius 1 is 1.35 bits per heavy atom. The summed E-state index contributed by atoms with van der Waals surface area (Å²) in [5.41, 5.74) is 0.809. The quantitative estimate of drug-likeness (QED) is 0.840. The van der Waals surface area contributed by atoms with Crippen molar-refractivity contribution in [2.75, 3.05) is 26.9 Å². The smallest absolute Gasteiger partial charge is 0.120 e. The van der Waals surface area contributed by atoms with E-state index in [2.05, 4.69) is 12.2 Å². The summed E-state index contributed by atoms with van der Waals surface area (Å²) >= 11 is 0. The number of ether oxygens (including phenoxy) is 2. The minimum absolute atomic E-state index is 0.143. The topological polar surface area (TPSA) is 50.7 Å². The van der Waals surface area contributed by atoms with Crippen LogP contribution in [-0.4, -0.2) is 37.6 Å². The Bertz CT molecular complexity index is 416. The summed E-state index contributed by atoms with van der Waals surface area (Å²) < 4.78 is 11.2. The molecule has 1 aliphatic heterocycles. The zero-order chi connectivity index (χ0) is 14.4. The van der Waals surface area contributed by atoms with E-state index in [-0.39, 0.29) is 11.6 Å². The lowest BCUT2D eigenvalue weighted by atomic mass is 9.93. The number of nitrogens with one attached hydrogen (secondary N) is 1. The minimum atomic E-state index is -0.143.